The molecule has 1 aromatic heterocycles. The van der Waals surface area contributed by atoms with E-state index in [0.717, 1.165) is 6.54 Å². The van der Waals surface area contributed by atoms with Crippen LogP contribution in [0.2, 0.25) is 0 Å². The molecule has 0 saturated carbocycles. The fourth-order valence-corrected chi connectivity index (χ4v) is 4.73. The molecule has 0 N–H and O–H groups in total. The topological polar surface area (TPSA) is 3.88 Å². The quantitative estimate of drug-likeness (QED) is 0.514. The van der Waals surface area contributed by atoms with E-state index in [9.17, 15) is 0 Å². The standard InChI is InChI=1S/C19H24NS.HI/c1-5-20-16-8-6-7-9-17(16)21-18(20)11-15-10-14(2)12-19(3,4)13-15;/h6-11H,5,12-13H2,1-4H3;1H/q+1;/p-1/b15-11+;. The SMILES string of the molecule is CC[n+]1c(/C=C2\C=C(C)CC(C)(C)C2)sc2ccccc21.[I-]. The summed E-state index contributed by atoms with van der Waals surface area (Å²) in [6, 6.07) is 8.71. The first kappa shape index (κ1) is 17.7. The Labute approximate surface area is 154 Å². The molecule has 1 nitrogen and oxygen atoms in total. The van der Waals surface area contributed by atoms with Gasteiger partial charge in [-0.15, -0.1) is 0 Å². The predicted molar refractivity (Wildman–Crippen MR) is 92.4 cm³/mol. The van der Waals surface area contributed by atoms with Crippen molar-refractivity contribution in [3.8, 4) is 0 Å². The van der Waals surface area contributed by atoms with Crippen LogP contribution in [0.5, 0.6) is 0 Å². The van der Waals surface area contributed by atoms with Gasteiger partial charge in [0.2, 0.25) is 5.52 Å². The molecule has 22 heavy (non-hydrogen) atoms. The van der Waals surface area contributed by atoms with E-state index in [1.165, 1.54) is 39.2 Å². The Morgan fingerprint density at radius 3 is 2.64 bits per heavy atom. The zero-order valence-corrected chi connectivity index (χ0v) is 16.8. The maximum atomic E-state index is 2.43. The zero-order chi connectivity index (χ0) is 15.0. The number of benzene rings is 1. The van der Waals surface area contributed by atoms with Crippen molar-refractivity contribution < 1.29 is 28.5 Å². The fraction of sp³-hybridized carbons (Fsp3) is 0.421. The number of allylic oxidation sites excluding steroid dienone is 3. The second kappa shape index (κ2) is 6.83. The largest absolute Gasteiger partial charge is 1.00 e. The van der Waals surface area contributed by atoms with E-state index in [2.05, 4.69) is 68.7 Å². The molecule has 0 amide bonds. The van der Waals surface area contributed by atoms with Crippen LogP contribution in [0.4, 0.5) is 0 Å². The molecule has 0 saturated heterocycles. The lowest BCUT2D eigenvalue weighted by molar-refractivity contribution is -0.665. The van der Waals surface area contributed by atoms with E-state index in [4.69, 9.17) is 0 Å². The molecule has 0 radical (unpaired) electrons. The Morgan fingerprint density at radius 1 is 1.23 bits per heavy atom. The Balaban J connectivity index is 0.00000176. The zero-order valence-electron chi connectivity index (χ0n) is 13.8. The molecule has 3 heteroatoms. The summed E-state index contributed by atoms with van der Waals surface area (Å²) in [4.78, 5) is 0. The van der Waals surface area contributed by atoms with Gasteiger partial charge in [0.15, 0.2) is 0 Å². The van der Waals surface area contributed by atoms with Crippen molar-refractivity contribution in [3.05, 3.63) is 46.5 Å². The van der Waals surface area contributed by atoms with Crippen LogP contribution >= 0.6 is 11.3 Å². The van der Waals surface area contributed by atoms with Crippen molar-refractivity contribution in [2.24, 2.45) is 5.41 Å². The maximum absolute atomic E-state index is 2.43. The monoisotopic (exact) mass is 425 g/mol. The highest BCUT2D eigenvalue weighted by molar-refractivity contribution is 7.18. The van der Waals surface area contributed by atoms with Crippen molar-refractivity contribution in [1.29, 1.82) is 0 Å². The van der Waals surface area contributed by atoms with Crippen LogP contribution in [0, 0.1) is 5.41 Å². The number of nitrogens with zero attached hydrogens (tertiary/aromatic N) is 1. The molecule has 0 unspecified atom stereocenters. The number of hydrogen-bond donors (Lipinski definition) is 0. The van der Waals surface area contributed by atoms with E-state index < -0.39 is 0 Å². The van der Waals surface area contributed by atoms with Gasteiger partial charge in [0.05, 0.1) is 0 Å². The molecular weight excluding hydrogens is 401 g/mol. The predicted octanol–water partition coefficient (Wildman–Crippen LogP) is 2.36. The molecule has 3 rings (SSSR count). The van der Waals surface area contributed by atoms with E-state index >= 15 is 0 Å². The van der Waals surface area contributed by atoms with Crippen molar-refractivity contribution in [2.45, 2.75) is 47.1 Å². The van der Waals surface area contributed by atoms with Gasteiger partial charge in [-0.25, -0.2) is 0 Å². The Morgan fingerprint density at radius 2 is 1.95 bits per heavy atom. The van der Waals surface area contributed by atoms with Gasteiger partial charge in [-0.2, -0.15) is 4.57 Å². The van der Waals surface area contributed by atoms with Crippen LogP contribution in [0.15, 0.2) is 41.5 Å². The van der Waals surface area contributed by atoms with E-state index in [1.54, 1.807) is 0 Å². The summed E-state index contributed by atoms with van der Waals surface area (Å²) in [5, 5.41) is 1.37. The average molecular weight is 425 g/mol. The van der Waals surface area contributed by atoms with Crippen LogP contribution < -0.4 is 28.5 Å². The summed E-state index contributed by atoms with van der Waals surface area (Å²) in [6.07, 6.45) is 7.17. The van der Waals surface area contributed by atoms with Crippen molar-refractivity contribution in [1.82, 2.24) is 0 Å². The second-order valence-corrected chi connectivity index (χ2v) is 7.94. The molecule has 0 atom stereocenters. The van der Waals surface area contributed by atoms with Crippen LogP contribution in [0.1, 0.15) is 45.5 Å². The van der Waals surface area contributed by atoms with Crippen molar-refractivity contribution >= 4 is 27.6 Å². The minimum absolute atomic E-state index is 0. The third kappa shape index (κ3) is 3.62. The molecule has 1 aromatic carbocycles. The normalized spacial score (nSPS) is 19.1. The molecule has 0 aliphatic heterocycles. The van der Waals surface area contributed by atoms with Crippen LogP contribution in [-0.2, 0) is 6.54 Å². The van der Waals surface area contributed by atoms with E-state index in [0.29, 0.717) is 5.41 Å². The lowest BCUT2D eigenvalue weighted by Gasteiger charge is -2.29. The van der Waals surface area contributed by atoms with Gasteiger partial charge in [-0.1, -0.05) is 49.0 Å². The van der Waals surface area contributed by atoms with Crippen molar-refractivity contribution in [3.63, 3.8) is 0 Å². The lowest BCUT2D eigenvalue weighted by atomic mass is 9.75. The third-order valence-electron chi connectivity index (χ3n) is 4.13. The Hall–Kier alpha value is -0.680. The van der Waals surface area contributed by atoms with Gasteiger partial charge < -0.3 is 24.0 Å². The van der Waals surface area contributed by atoms with Gasteiger partial charge in [0.25, 0.3) is 5.01 Å². The van der Waals surface area contributed by atoms with E-state index in [1.807, 2.05) is 11.3 Å². The smallest absolute Gasteiger partial charge is 0.263 e. The molecule has 118 valence electrons. The number of para-hydroxylation sites is 1. The molecule has 1 aliphatic rings. The van der Waals surface area contributed by atoms with Gasteiger partial charge in [0.1, 0.15) is 11.2 Å². The highest BCUT2D eigenvalue weighted by atomic mass is 127. The van der Waals surface area contributed by atoms with Crippen LogP contribution in [0.3, 0.4) is 0 Å². The number of thiazole rings is 1. The highest BCUT2D eigenvalue weighted by Crippen LogP contribution is 2.38. The number of rotatable bonds is 2. The fourth-order valence-electron chi connectivity index (χ4n) is 3.53. The summed E-state index contributed by atoms with van der Waals surface area (Å²) >= 11 is 1.90. The third-order valence-corrected chi connectivity index (χ3v) is 5.25. The van der Waals surface area contributed by atoms with Gasteiger partial charge in [-0.05, 0) is 43.7 Å². The van der Waals surface area contributed by atoms with Crippen LogP contribution in [-0.4, -0.2) is 0 Å². The number of aryl methyl sites for hydroxylation is 1. The highest BCUT2D eigenvalue weighted by Gasteiger charge is 2.25. The number of aromatic nitrogens is 1. The van der Waals surface area contributed by atoms with Crippen LogP contribution in [0.25, 0.3) is 16.3 Å². The summed E-state index contributed by atoms with van der Waals surface area (Å²) in [7, 11) is 0. The molecular formula is C19H24INS. The molecule has 0 bridgehead atoms. The number of halogens is 1. The average Bonchev–Trinajstić information content (AvgIpc) is 2.73. The summed E-state index contributed by atoms with van der Waals surface area (Å²) < 4.78 is 3.81. The maximum Gasteiger partial charge on any atom is 0.263 e. The molecule has 2 aromatic rings. The van der Waals surface area contributed by atoms with Crippen molar-refractivity contribution in [2.75, 3.05) is 0 Å². The summed E-state index contributed by atoms with van der Waals surface area (Å²) in [5.41, 5.74) is 4.71. The number of fused-ring (bicyclic) bond motifs is 1. The molecule has 0 spiro atoms. The van der Waals surface area contributed by atoms with E-state index in [-0.39, 0.29) is 24.0 Å². The first-order valence-corrected chi connectivity index (χ1v) is 8.59. The number of hydrogen-bond acceptors (Lipinski definition) is 1. The minimum atomic E-state index is 0. The second-order valence-electron chi connectivity index (χ2n) is 6.88. The molecule has 0 fully saturated rings. The summed E-state index contributed by atoms with van der Waals surface area (Å²) in [5.74, 6) is 0. The lowest BCUT2D eigenvalue weighted by Crippen LogP contribution is -3.00. The van der Waals surface area contributed by atoms with Gasteiger partial charge >= 0.3 is 0 Å². The van der Waals surface area contributed by atoms with Gasteiger partial charge in [0, 0.05) is 12.1 Å². The Bertz CT molecular complexity index is 737. The Kier molecular flexibility index (Phi) is 5.49. The molecule has 1 aliphatic carbocycles. The minimum Gasteiger partial charge on any atom is -1.00 e. The first-order valence-electron chi connectivity index (χ1n) is 7.78. The van der Waals surface area contributed by atoms with Gasteiger partial charge in [-0.3, -0.25) is 0 Å². The first-order chi connectivity index (χ1) is 9.98. The molecule has 1 heterocycles. The summed E-state index contributed by atoms with van der Waals surface area (Å²) in [6.45, 7) is 10.3.